The highest BCUT2D eigenvalue weighted by Gasteiger charge is 2.49. The van der Waals surface area contributed by atoms with E-state index in [9.17, 15) is 14.4 Å². The second-order valence-electron chi connectivity index (χ2n) is 5.05. The number of hydrogen-bond acceptors (Lipinski definition) is 3. The molecule has 0 aliphatic carbocycles. The number of halogens is 1. The van der Waals surface area contributed by atoms with Crippen molar-refractivity contribution in [3.63, 3.8) is 0 Å². The Kier molecular flexibility index (Phi) is 3.04. The van der Waals surface area contributed by atoms with E-state index in [0.717, 1.165) is 4.47 Å². The monoisotopic (exact) mass is 340 g/mol. The molecule has 0 bridgehead atoms. The van der Waals surface area contributed by atoms with Crippen molar-refractivity contribution in [3.8, 4) is 0 Å². The number of piperidine rings is 1. The second-order valence-corrected chi connectivity index (χ2v) is 5.97. The van der Waals surface area contributed by atoms with Crippen LogP contribution < -0.4 is 10.6 Å². The molecule has 1 unspecified atom stereocenters. The molecule has 8 heteroatoms. The van der Waals surface area contributed by atoms with Crippen molar-refractivity contribution in [1.29, 1.82) is 0 Å². The number of imide groups is 1. The number of nitrogens with one attached hydrogen (secondary N) is 3. The fraction of sp³-hybridized carbons (Fsp3) is 0.417. The van der Waals surface area contributed by atoms with Gasteiger partial charge in [-0.2, -0.15) is 0 Å². The number of aromatic amines is 1. The van der Waals surface area contributed by atoms with Gasteiger partial charge in [0.2, 0.25) is 0 Å². The summed E-state index contributed by atoms with van der Waals surface area (Å²) in [6.07, 6.45) is 2.89. The molecular weight excluding hydrogens is 328 g/mol. The maximum absolute atomic E-state index is 12.4. The van der Waals surface area contributed by atoms with Crippen LogP contribution in [0, 0.1) is 0 Å². The first-order valence-electron chi connectivity index (χ1n) is 6.27. The van der Waals surface area contributed by atoms with Crippen LogP contribution in [0.1, 0.15) is 23.3 Å². The Morgan fingerprint density at radius 3 is 2.80 bits per heavy atom. The Morgan fingerprint density at radius 2 is 2.20 bits per heavy atom. The number of amides is 4. The van der Waals surface area contributed by atoms with E-state index in [2.05, 4.69) is 31.5 Å². The van der Waals surface area contributed by atoms with Gasteiger partial charge in [-0.25, -0.2) is 4.79 Å². The van der Waals surface area contributed by atoms with Gasteiger partial charge in [-0.05, 0) is 34.8 Å². The van der Waals surface area contributed by atoms with E-state index in [4.69, 9.17) is 0 Å². The zero-order valence-electron chi connectivity index (χ0n) is 10.5. The highest BCUT2D eigenvalue weighted by atomic mass is 79.9. The van der Waals surface area contributed by atoms with Gasteiger partial charge in [0.05, 0.1) is 6.54 Å². The van der Waals surface area contributed by atoms with Crippen LogP contribution in [0.25, 0.3) is 0 Å². The third-order valence-corrected chi connectivity index (χ3v) is 4.13. The molecule has 3 heterocycles. The predicted molar refractivity (Wildman–Crippen MR) is 73.0 cm³/mol. The molecular formula is C12H13BrN4O3. The zero-order valence-corrected chi connectivity index (χ0v) is 12.1. The Hall–Kier alpha value is -1.83. The standard InChI is InChI=1S/C12H13BrN4O3/c13-7-4-8(14-5-7)9(18)17-3-1-2-12(6-17)10(19)15-11(20)16-12/h4-5,14H,1-3,6H2,(H2,15,16,19,20). The topological polar surface area (TPSA) is 94.3 Å². The summed E-state index contributed by atoms with van der Waals surface area (Å²) < 4.78 is 0.791. The zero-order chi connectivity index (χ0) is 14.3. The van der Waals surface area contributed by atoms with E-state index in [0.29, 0.717) is 25.1 Å². The molecule has 1 aromatic rings. The lowest BCUT2D eigenvalue weighted by Gasteiger charge is -2.37. The summed E-state index contributed by atoms with van der Waals surface area (Å²) in [5, 5.41) is 4.89. The van der Waals surface area contributed by atoms with E-state index in [1.165, 1.54) is 0 Å². The minimum Gasteiger partial charge on any atom is -0.356 e. The SMILES string of the molecule is O=C1NC(=O)C2(CCCN(C(=O)c3cc(Br)c[nH]3)C2)N1. The van der Waals surface area contributed by atoms with Crippen LogP contribution in [0.5, 0.6) is 0 Å². The third kappa shape index (κ3) is 2.09. The summed E-state index contributed by atoms with van der Waals surface area (Å²) >= 11 is 3.28. The van der Waals surface area contributed by atoms with Crippen LogP contribution in [0.15, 0.2) is 16.7 Å². The first kappa shape index (κ1) is 13.2. The number of hydrogen-bond donors (Lipinski definition) is 3. The molecule has 4 amide bonds. The van der Waals surface area contributed by atoms with Gasteiger partial charge in [-0.1, -0.05) is 0 Å². The van der Waals surface area contributed by atoms with Crippen LogP contribution in [0.3, 0.4) is 0 Å². The number of H-pyrrole nitrogens is 1. The average molecular weight is 341 g/mol. The Bertz CT molecular complexity index is 599. The molecule has 1 atom stereocenters. The molecule has 3 rings (SSSR count). The molecule has 0 radical (unpaired) electrons. The lowest BCUT2D eigenvalue weighted by atomic mass is 9.89. The van der Waals surface area contributed by atoms with Gasteiger partial charge < -0.3 is 15.2 Å². The quantitative estimate of drug-likeness (QED) is 0.653. The van der Waals surface area contributed by atoms with Gasteiger partial charge in [-0.15, -0.1) is 0 Å². The van der Waals surface area contributed by atoms with Crippen molar-refractivity contribution in [1.82, 2.24) is 20.5 Å². The maximum Gasteiger partial charge on any atom is 0.322 e. The number of likely N-dealkylation sites (tertiary alicyclic amines) is 1. The predicted octanol–water partition coefficient (Wildman–Crippen LogP) is 0.591. The summed E-state index contributed by atoms with van der Waals surface area (Å²) in [4.78, 5) is 40.1. The van der Waals surface area contributed by atoms with Crippen LogP contribution >= 0.6 is 15.9 Å². The van der Waals surface area contributed by atoms with Gasteiger partial charge in [-0.3, -0.25) is 14.9 Å². The van der Waals surface area contributed by atoms with E-state index >= 15 is 0 Å². The number of carbonyl (C=O) groups is 3. The van der Waals surface area contributed by atoms with Crippen LogP contribution in [-0.4, -0.2) is 46.4 Å². The molecule has 1 spiro atoms. The highest BCUT2D eigenvalue weighted by Crippen LogP contribution is 2.25. The summed E-state index contributed by atoms with van der Waals surface area (Å²) in [6.45, 7) is 0.764. The Balaban J connectivity index is 1.80. The maximum atomic E-state index is 12.4. The lowest BCUT2D eigenvalue weighted by molar-refractivity contribution is -0.125. The van der Waals surface area contributed by atoms with Gasteiger partial charge >= 0.3 is 6.03 Å². The molecule has 2 fully saturated rings. The molecule has 2 saturated heterocycles. The minimum absolute atomic E-state index is 0.177. The number of aromatic nitrogens is 1. The molecule has 0 aromatic carbocycles. The fourth-order valence-corrected chi connectivity index (χ4v) is 3.05. The first-order chi connectivity index (χ1) is 9.50. The normalized spacial score (nSPS) is 25.8. The molecule has 7 nitrogen and oxygen atoms in total. The summed E-state index contributed by atoms with van der Waals surface area (Å²) in [7, 11) is 0. The van der Waals surface area contributed by atoms with Gasteiger partial charge in [0.25, 0.3) is 11.8 Å². The second kappa shape index (κ2) is 4.62. The molecule has 0 saturated carbocycles. The van der Waals surface area contributed by atoms with Crippen LogP contribution in [0.2, 0.25) is 0 Å². The molecule has 1 aromatic heterocycles. The van der Waals surface area contributed by atoms with Gasteiger partial charge in [0, 0.05) is 17.2 Å². The van der Waals surface area contributed by atoms with Crippen molar-refractivity contribution >= 4 is 33.8 Å². The smallest absolute Gasteiger partial charge is 0.322 e. The van der Waals surface area contributed by atoms with Gasteiger partial charge in [0.1, 0.15) is 11.2 Å². The number of urea groups is 1. The third-order valence-electron chi connectivity index (χ3n) is 3.67. The largest absolute Gasteiger partial charge is 0.356 e. The van der Waals surface area contributed by atoms with E-state index in [-0.39, 0.29) is 18.4 Å². The first-order valence-corrected chi connectivity index (χ1v) is 7.06. The van der Waals surface area contributed by atoms with Crippen LogP contribution in [0.4, 0.5) is 4.79 Å². The lowest BCUT2D eigenvalue weighted by Crippen LogP contribution is -2.59. The van der Waals surface area contributed by atoms with Crippen molar-refractivity contribution in [2.75, 3.05) is 13.1 Å². The average Bonchev–Trinajstić information content (AvgIpc) is 2.94. The molecule has 2 aliphatic rings. The Labute approximate surface area is 123 Å². The van der Waals surface area contributed by atoms with E-state index in [1.807, 2.05) is 0 Å². The summed E-state index contributed by atoms with van der Waals surface area (Å²) in [6, 6.07) is 1.20. The number of rotatable bonds is 1. The Morgan fingerprint density at radius 1 is 1.40 bits per heavy atom. The van der Waals surface area contributed by atoms with Gasteiger partial charge in [0.15, 0.2) is 0 Å². The molecule has 106 valence electrons. The van der Waals surface area contributed by atoms with Crippen molar-refractivity contribution in [2.45, 2.75) is 18.4 Å². The van der Waals surface area contributed by atoms with E-state index in [1.54, 1.807) is 17.2 Å². The van der Waals surface area contributed by atoms with Crippen LogP contribution in [-0.2, 0) is 4.79 Å². The molecule has 2 aliphatic heterocycles. The van der Waals surface area contributed by atoms with Crippen molar-refractivity contribution in [3.05, 3.63) is 22.4 Å². The summed E-state index contributed by atoms with van der Waals surface area (Å²) in [5.74, 6) is -0.531. The highest BCUT2D eigenvalue weighted by molar-refractivity contribution is 9.10. The fourth-order valence-electron chi connectivity index (χ4n) is 2.71. The van der Waals surface area contributed by atoms with Crippen molar-refractivity contribution in [2.24, 2.45) is 0 Å². The molecule has 3 N–H and O–H groups in total. The molecule has 20 heavy (non-hydrogen) atoms. The van der Waals surface area contributed by atoms with Crippen molar-refractivity contribution < 1.29 is 14.4 Å². The number of nitrogens with zero attached hydrogens (tertiary/aromatic N) is 1. The van der Waals surface area contributed by atoms with E-state index < -0.39 is 11.6 Å². The number of carbonyl (C=O) groups excluding carboxylic acids is 3. The summed E-state index contributed by atoms with van der Waals surface area (Å²) in [5.41, 5.74) is -0.520. The minimum atomic E-state index is -0.977.